The minimum Gasteiger partial charge on any atom is -0.504 e. The third-order valence-corrected chi connectivity index (χ3v) is 22.1. The van der Waals surface area contributed by atoms with Crippen molar-refractivity contribution in [3.05, 3.63) is 59.9 Å². The normalized spacial score (nSPS) is 16.8. The first-order valence-electron chi connectivity index (χ1n) is 21.8. The fourth-order valence-electron chi connectivity index (χ4n) is 7.13. The molecule has 318 valence electrons. The number of hydrogen-bond donors (Lipinski definition) is 2. The molecule has 0 spiro atoms. The molecule has 4 rings (SSSR count). The van der Waals surface area contributed by atoms with Gasteiger partial charge >= 0.3 is 0 Å². The molecule has 2 N–H and O–H groups in total. The van der Waals surface area contributed by atoms with E-state index in [1.165, 1.54) is 38.5 Å². The molecule has 6 nitrogen and oxygen atoms in total. The molecular weight excluding hydrogens is 748 g/mol. The molecule has 0 aliphatic heterocycles. The second kappa shape index (κ2) is 20.4. The predicted octanol–water partition coefficient (Wildman–Crippen LogP) is 14.4. The van der Waals surface area contributed by atoms with E-state index in [1.54, 1.807) is 30.3 Å². The van der Waals surface area contributed by atoms with Crippen molar-refractivity contribution < 1.29 is 32.9 Å². The molecule has 0 amide bonds. The van der Waals surface area contributed by atoms with Gasteiger partial charge in [0.15, 0.2) is 39.6 Å². The number of benzene rings is 3. The molecule has 0 unspecified atom stereocenters. The van der Waals surface area contributed by atoms with Crippen LogP contribution in [0.25, 0.3) is 22.3 Å². The van der Waals surface area contributed by atoms with Crippen LogP contribution in [0, 0.1) is 11.7 Å². The van der Waals surface area contributed by atoms with Crippen LogP contribution in [0.1, 0.15) is 131 Å². The summed E-state index contributed by atoms with van der Waals surface area (Å²) in [6.45, 7) is 26.6. The van der Waals surface area contributed by atoms with Crippen LogP contribution in [0.4, 0.5) is 4.39 Å². The monoisotopic (exact) mass is 823 g/mol. The van der Waals surface area contributed by atoms with E-state index in [-0.39, 0.29) is 27.4 Å². The maximum absolute atomic E-state index is 16.1. The van der Waals surface area contributed by atoms with E-state index < -0.39 is 16.6 Å². The number of aromatic hydroxyl groups is 2. The molecule has 0 atom stereocenters. The van der Waals surface area contributed by atoms with Gasteiger partial charge in [0.1, 0.15) is 5.82 Å². The smallest absolute Gasteiger partial charge is 0.191 e. The minimum absolute atomic E-state index is 0.0188. The highest BCUT2D eigenvalue weighted by atomic mass is 28.4. The number of unbranched alkanes of at least 4 members (excludes halogenated alkanes) is 3. The molecule has 1 aliphatic rings. The van der Waals surface area contributed by atoms with Crippen LogP contribution in [-0.4, -0.2) is 53.3 Å². The number of ether oxygens (including phenoxy) is 2. The zero-order valence-corrected chi connectivity index (χ0v) is 39.3. The van der Waals surface area contributed by atoms with Crippen LogP contribution in [0.3, 0.4) is 0 Å². The Morgan fingerprint density at radius 3 is 1.86 bits per heavy atom. The topological polar surface area (TPSA) is 77.4 Å². The average molecular weight is 823 g/mol. The van der Waals surface area contributed by atoms with E-state index >= 15 is 4.39 Å². The molecule has 0 aromatic heterocycles. The summed E-state index contributed by atoms with van der Waals surface area (Å²) in [5, 5.41) is 22.6. The summed E-state index contributed by atoms with van der Waals surface area (Å²) in [4.78, 5) is 0. The Hall–Kier alpha value is -2.86. The van der Waals surface area contributed by atoms with Gasteiger partial charge in [0.2, 0.25) is 0 Å². The van der Waals surface area contributed by atoms with Gasteiger partial charge in [-0.05, 0) is 134 Å². The lowest BCUT2D eigenvalue weighted by Crippen LogP contribution is -2.41. The molecule has 3 aromatic rings. The maximum Gasteiger partial charge on any atom is 0.191 e. The van der Waals surface area contributed by atoms with E-state index in [2.05, 4.69) is 80.7 Å². The van der Waals surface area contributed by atoms with Gasteiger partial charge < -0.3 is 28.5 Å². The van der Waals surface area contributed by atoms with Crippen molar-refractivity contribution in [3.8, 4) is 45.3 Å². The second-order valence-electron chi connectivity index (χ2n) is 19.5. The Morgan fingerprint density at radius 1 is 0.632 bits per heavy atom. The molecule has 1 aliphatic carbocycles. The molecule has 1 saturated carbocycles. The highest BCUT2D eigenvalue weighted by Crippen LogP contribution is 2.45. The summed E-state index contributed by atoms with van der Waals surface area (Å²) in [5.41, 5.74) is 3.31. The molecular formula is C48H75FO6Si2. The highest BCUT2D eigenvalue weighted by molar-refractivity contribution is 6.74. The van der Waals surface area contributed by atoms with Gasteiger partial charge in [0, 0.05) is 30.8 Å². The standard InChI is InChI=1S/C48H75FO6Si2/c1-12-13-14-18-35-19-21-36(22-20-35)37-23-25-40(42(49)32-37)39-31-41(46(44(51)33-39)53-27-15-16-29-54-56(8,9)47(2,3)4)38-24-26-43(50)45(34-38)52-28-17-30-55-57(10,11)48(5,6)7/h23-26,31-36,50-51H,12-22,27-30H2,1-11H3. The van der Waals surface area contributed by atoms with Crippen LogP contribution in [0.5, 0.6) is 23.0 Å². The summed E-state index contributed by atoms with van der Waals surface area (Å²) in [5.74, 6) is 1.46. The Balaban J connectivity index is 1.55. The SMILES string of the molecule is CCCCCC1CCC(c2ccc(-c3cc(O)c(OCCCCO[Si](C)(C)C(C)(C)C)c(-c4ccc(O)c(OCCCO[Si](C)(C)C(C)(C)C)c4)c3)c(F)c2)CC1. The van der Waals surface area contributed by atoms with E-state index in [9.17, 15) is 10.2 Å². The molecule has 57 heavy (non-hydrogen) atoms. The lowest BCUT2D eigenvalue weighted by Gasteiger charge is -2.36. The van der Waals surface area contributed by atoms with Gasteiger partial charge in [-0.15, -0.1) is 0 Å². The predicted molar refractivity (Wildman–Crippen MR) is 241 cm³/mol. The first kappa shape index (κ1) is 46.8. The lowest BCUT2D eigenvalue weighted by atomic mass is 9.77. The number of phenolic OH excluding ortho intramolecular Hbond substituents is 2. The molecule has 0 radical (unpaired) electrons. The van der Waals surface area contributed by atoms with Crippen molar-refractivity contribution in [2.75, 3.05) is 26.4 Å². The van der Waals surface area contributed by atoms with Crippen molar-refractivity contribution in [1.29, 1.82) is 0 Å². The van der Waals surface area contributed by atoms with E-state index in [1.807, 2.05) is 12.1 Å². The van der Waals surface area contributed by atoms with Crippen molar-refractivity contribution in [2.24, 2.45) is 5.92 Å². The Morgan fingerprint density at radius 2 is 1.25 bits per heavy atom. The van der Waals surface area contributed by atoms with Gasteiger partial charge in [0.05, 0.1) is 13.2 Å². The fourth-order valence-corrected chi connectivity index (χ4v) is 9.30. The molecule has 0 heterocycles. The molecule has 9 heteroatoms. The van der Waals surface area contributed by atoms with E-state index in [4.69, 9.17) is 18.3 Å². The third-order valence-electron chi connectivity index (χ3n) is 13.0. The second-order valence-corrected chi connectivity index (χ2v) is 29.1. The lowest BCUT2D eigenvalue weighted by molar-refractivity contribution is 0.229. The number of rotatable bonds is 20. The average Bonchev–Trinajstić information content (AvgIpc) is 3.13. The van der Waals surface area contributed by atoms with Crippen LogP contribution >= 0.6 is 0 Å². The van der Waals surface area contributed by atoms with Gasteiger partial charge in [0.25, 0.3) is 0 Å². The quantitative estimate of drug-likeness (QED) is 0.0873. The number of phenols is 2. The van der Waals surface area contributed by atoms with Gasteiger partial charge in [-0.1, -0.05) is 92.3 Å². The van der Waals surface area contributed by atoms with Crippen molar-refractivity contribution >= 4 is 16.6 Å². The molecule has 0 saturated heterocycles. The molecule has 1 fully saturated rings. The zero-order valence-electron chi connectivity index (χ0n) is 37.3. The van der Waals surface area contributed by atoms with Gasteiger partial charge in [-0.2, -0.15) is 0 Å². The summed E-state index contributed by atoms with van der Waals surface area (Å²) < 4.78 is 41.2. The molecule has 3 aromatic carbocycles. The first-order chi connectivity index (χ1) is 26.7. The maximum atomic E-state index is 16.1. The Bertz CT molecular complexity index is 1720. The largest absolute Gasteiger partial charge is 0.504 e. The summed E-state index contributed by atoms with van der Waals surface area (Å²) in [6, 6.07) is 14.2. The van der Waals surface area contributed by atoms with Gasteiger partial charge in [-0.25, -0.2) is 4.39 Å². The van der Waals surface area contributed by atoms with Crippen LogP contribution in [0.15, 0.2) is 48.5 Å². The van der Waals surface area contributed by atoms with E-state index in [0.717, 1.165) is 37.2 Å². The summed E-state index contributed by atoms with van der Waals surface area (Å²) in [6.07, 6.45) is 12.1. The van der Waals surface area contributed by atoms with Crippen LogP contribution in [-0.2, 0) is 8.85 Å². The Kier molecular flexibility index (Phi) is 16.8. The number of hydrogen-bond acceptors (Lipinski definition) is 6. The zero-order chi connectivity index (χ0) is 42.0. The summed E-state index contributed by atoms with van der Waals surface area (Å²) in [7, 11) is -3.72. The highest BCUT2D eigenvalue weighted by Gasteiger charge is 2.37. The van der Waals surface area contributed by atoms with E-state index in [0.29, 0.717) is 72.5 Å². The summed E-state index contributed by atoms with van der Waals surface area (Å²) >= 11 is 0. The number of halogens is 1. The first-order valence-corrected chi connectivity index (χ1v) is 27.6. The third kappa shape index (κ3) is 13.1. The van der Waals surface area contributed by atoms with Crippen LogP contribution < -0.4 is 9.47 Å². The fraction of sp³-hybridized carbons (Fsp3) is 0.625. The van der Waals surface area contributed by atoms with Crippen LogP contribution in [0.2, 0.25) is 36.3 Å². The van der Waals surface area contributed by atoms with Crippen molar-refractivity contribution in [3.63, 3.8) is 0 Å². The van der Waals surface area contributed by atoms with Gasteiger partial charge in [-0.3, -0.25) is 0 Å². The minimum atomic E-state index is -1.88. The van der Waals surface area contributed by atoms with Crippen molar-refractivity contribution in [2.45, 2.75) is 161 Å². The Labute approximate surface area is 347 Å². The molecule has 0 bridgehead atoms. The van der Waals surface area contributed by atoms with Crippen molar-refractivity contribution in [1.82, 2.24) is 0 Å².